The third-order valence-electron chi connectivity index (χ3n) is 6.04. The maximum atomic E-state index is 13.2. The summed E-state index contributed by atoms with van der Waals surface area (Å²) in [7, 11) is 0. The van der Waals surface area contributed by atoms with Crippen molar-refractivity contribution >= 4 is 52.9 Å². The van der Waals surface area contributed by atoms with Gasteiger partial charge >= 0.3 is 5.97 Å². The van der Waals surface area contributed by atoms with E-state index in [1.54, 1.807) is 11.8 Å². The van der Waals surface area contributed by atoms with Gasteiger partial charge in [-0.15, -0.1) is 11.8 Å². The van der Waals surface area contributed by atoms with Crippen molar-refractivity contribution in [2.45, 2.75) is 54.8 Å². The number of aliphatic carboxylic acids is 1. The number of fused-ring (bicyclic) bond motifs is 2. The summed E-state index contributed by atoms with van der Waals surface area (Å²) in [5.74, 6) is -0.873. The van der Waals surface area contributed by atoms with Gasteiger partial charge in [-0.2, -0.15) is 12.6 Å². The zero-order valence-corrected chi connectivity index (χ0v) is 18.8. The second-order valence-electron chi connectivity index (χ2n) is 8.06. The Morgan fingerprint density at radius 3 is 2.74 bits per heavy atom. The number of carbonyl (C=O) groups excluding carboxylic acids is 2. The molecule has 0 bridgehead atoms. The van der Waals surface area contributed by atoms with E-state index in [4.69, 9.17) is 0 Å². The highest BCUT2D eigenvalue weighted by atomic mass is 32.2. The molecule has 31 heavy (non-hydrogen) atoms. The van der Waals surface area contributed by atoms with E-state index in [0.717, 1.165) is 29.2 Å². The van der Waals surface area contributed by atoms with E-state index in [2.05, 4.69) is 17.9 Å². The number of hydrogen-bond acceptors (Lipinski definition) is 5. The minimum absolute atomic E-state index is 0.133. The molecule has 0 spiro atoms. The van der Waals surface area contributed by atoms with Crippen LogP contribution in [-0.4, -0.2) is 56.3 Å². The third-order valence-corrected chi connectivity index (χ3v) is 7.78. The lowest BCUT2D eigenvalue weighted by Gasteiger charge is -2.39. The smallest absolute Gasteiger partial charge is 0.326 e. The molecule has 2 fully saturated rings. The minimum Gasteiger partial charge on any atom is -0.480 e. The molecule has 0 aliphatic carbocycles. The molecule has 8 heteroatoms. The third kappa shape index (κ3) is 4.70. The van der Waals surface area contributed by atoms with Gasteiger partial charge in [0.05, 0.1) is 10.6 Å². The number of hydrogen-bond donors (Lipinski definition) is 3. The number of nitrogens with one attached hydrogen (secondary N) is 1. The number of benzene rings is 2. The van der Waals surface area contributed by atoms with Crippen molar-refractivity contribution in [2.75, 3.05) is 5.75 Å². The minimum atomic E-state index is -0.978. The molecular formula is C23H26N2O4S2. The van der Waals surface area contributed by atoms with E-state index in [1.807, 2.05) is 42.5 Å². The van der Waals surface area contributed by atoms with Gasteiger partial charge < -0.3 is 15.3 Å². The molecule has 2 aromatic carbocycles. The monoisotopic (exact) mass is 458 g/mol. The van der Waals surface area contributed by atoms with Crippen LogP contribution in [0.5, 0.6) is 0 Å². The van der Waals surface area contributed by atoms with Crippen molar-refractivity contribution in [3.05, 3.63) is 48.0 Å². The summed E-state index contributed by atoms with van der Waals surface area (Å²) < 4.78 is 0. The zero-order chi connectivity index (χ0) is 22.0. The number of nitrogens with zero attached hydrogens (tertiary/aromatic N) is 1. The Balaban J connectivity index is 1.47. The highest BCUT2D eigenvalue weighted by molar-refractivity contribution is 7.99. The summed E-state index contributed by atoms with van der Waals surface area (Å²) >= 11 is 6.13. The average molecular weight is 459 g/mol. The molecule has 6 nitrogen and oxygen atoms in total. The van der Waals surface area contributed by atoms with E-state index in [0.29, 0.717) is 25.0 Å². The Bertz CT molecular complexity index is 993. The van der Waals surface area contributed by atoms with Gasteiger partial charge in [0.25, 0.3) is 0 Å². The molecule has 0 saturated carbocycles. The zero-order valence-electron chi connectivity index (χ0n) is 17.1. The molecule has 4 rings (SSSR count). The molecule has 2 aromatic rings. The first kappa shape index (κ1) is 22.0. The molecular weight excluding hydrogens is 432 g/mol. The van der Waals surface area contributed by atoms with Crippen LogP contribution in [0, 0.1) is 0 Å². The summed E-state index contributed by atoms with van der Waals surface area (Å²) in [6.07, 6.45) is 2.96. The molecule has 2 N–H and O–H groups in total. The van der Waals surface area contributed by atoms with Gasteiger partial charge in [0.15, 0.2) is 0 Å². The number of rotatable bonds is 5. The lowest BCUT2D eigenvalue weighted by Crippen LogP contribution is -2.57. The van der Waals surface area contributed by atoms with Crippen molar-refractivity contribution in [1.82, 2.24) is 10.2 Å². The second-order valence-corrected chi connectivity index (χ2v) is 9.97. The van der Waals surface area contributed by atoms with Gasteiger partial charge in [-0.1, -0.05) is 42.5 Å². The predicted molar refractivity (Wildman–Crippen MR) is 125 cm³/mol. The lowest BCUT2D eigenvalue weighted by molar-refractivity contribution is -0.154. The number of amides is 2. The van der Waals surface area contributed by atoms with Crippen LogP contribution in [-0.2, 0) is 20.8 Å². The molecule has 2 amide bonds. The maximum Gasteiger partial charge on any atom is 0.326 e. The molecule has 164 valence electrons. The first-order chi connectivity index (χ1) is 15.0. The number of thioether (sulfide) groups is 1. The predicted octanol–water partition coefficient (Wildman–Crippen LogP) is 3.09. The van der Waals surface area contributed by atoms with E-state index in [1.165, 1.54) is 4.90 Å². The number of carboxylic acid groups (broad SMARTS) is 1. The van der Waals surface area contributed by atoms with Crippen LogP contribution in [0.3, 0.4) is 0 Å². The van der Waals surface area contributed by atoms with Crippen LogP contribution >= 0.6 is 24.4 Å². The second kappa shape index (κ2) is 9.53. The Hall–Kier alpha value is -2.19. The van der Waals surface area contributed by atoms with E-state index in [-0.39, 0.29) is 17.2 Å². The maximum absolute atomic E-state index is 13.2. The number of carbonyl (C=O) groups is 3. The Morgan fingerprint density at radius 2 is 1.94 bits per heavy atom. The molecule has 0 aromatic heterocycles. The average Bonchev–Trinajstić information content (AvgIpc) is 2.92. The number of carboxylic acids is 1. The highest BCUT2D eigenvalue weighted by Crippen LogP contribution is 2.34. The summed E-state index contributed by atoms with van der Waals surface area (Å²) in [5, 5.41) is 13.9. The largest absolute Gasteiger partial charge is 0.480 e. The molecule has 4 atom stereocenters. The van der Waals surface area contributed by atoms with Gasteiger partial charge in [-0.05, 0) is 54.2 Å². The number of piperidine rings is 1. The summed E-state index contributed by atoms with van der Waals surface area (Å²) in [5.41, 5.74) is 1.03. The van der Waals surface area contributed by atoms with Crippen LogP contribution in [0.1, 0.15) is 31.2 Å². The quantitative estimate of drug-likeness (QED) is 0.600. The Labute approximate surface area is 191 Å². The van der Waals surface area contributed by atoms with Gasteiger partial charge in [-0.3, -0.25) is 9.59 Å². The van der Waals surface area contributed by atoms with Crippen LogP contribution in [0.4, 0.5) is 0 Å². The fraction of sp³-hybridized carbons (Fsp3) is 0.435. The normalized spacial score (nSPS) is 24.9. The van der Waals surface area contributed by atoms with E-state index in [9.17, 15) is 19.5 Å². The van der Waals surface area contributed by atoms with Gasteiger partial charge in [-0.25, -0.2) is 4.79 Å². The van der Waals surface area contributed by atoms with Crippen molar-refractivity contribution in [3.8, 4) is 0 Å². The van der Waals surface area contributed by atoms with Crippen molar-refractivity contribution in [1.29, 1.82) is 0 Å². The van der Waals surface area contributed by atoms with Crippen molar-refractivity contribution in [3.63, 3.8) is 0 Å². The molecule has 2 saturated heterocycles. The standard InChI is InChI=1S/C23H26N2O4S2/c26-21(19(30)13-15-7-3-6-14-5-1-2-8-16(14)15)24-17-11-12-31-20-10-4-9-18(23(28)29)25(20)22(17)27/h1-3,5-8,17-20,30H,4,9-13H2,(H,24,26)(H,28,29). The van der Waals surface area contributed by atoms with Crippen LogP contribution < -0.4 is 5.32 Å². The van der Waals surface area contributed by atoms with Crippen LogP contribution in [0.15, 0.2) is 42.5 Å². The summed E-state index contributed by atoms with van der Waals surface area (Å²) in [4.78, 5) is 39.3. The fourth-order valence-electron chi connectivity index (χ4n) is 4.46. The summed E-state index contributed by atoms with van der Waals surface area (Å²) in [6.45, 7) is 0. The van der Waals surface area contributed by atoms with Crippen LogP contribution in [0.25, 0.3) is 10.8 Å². The topological polar surface area (TPSA) is 86.7 Å². The molecule has 0 radical (unpaired) electrons. The van der Waals surface area contributed by atoms with Gasteiger partial charge in [0.1, 0.15) is 12.1 Å². The highest BCUT2D eigenvalue weighted by Gasteiger charge is 2.43. The first-order valence-electron chi connectivity index (χ1n) is 10.6. The van der Waals surface area contributed by atoms with E-state index < -0.39 is 23.3 Å². The molecule has 2 aliphatic heterocycles. The Kier molecular flexibility index (Phi) is 6.77. The van der Waals surface area contributed by atoms with Crippen molar-refractivity contribution in [2.24, 2.45) is 0 Å². The van der Waals surface area contributed by atoms with Gasteiger partial charge in [0, 0.05) is 0 Å². The first-order valence-corrected chi connectivity index (χ1v) is 12.1. The lowest BCUT2D eigenvalue weighted by atomic mass is 9.99. The molecule has 2 heterocycles. The van der Waals surface area contributed by atoms with E-state index >= 15 is 0 Å². The Morgan fingerprint density at radius 1 is 1.16 bits per heavy atom. The molecule has 2 aliphatic rings. The SMILES string of the molecule is O=C(NC1CCSC2CCCC(C(=O)O)N2C1=O)C(S)Cc1cccc2ccccc12. The summed E-state index contributed by atoms with van der Waals surface area (Å²) in [6, 6.07) is 12.4. The van der Waals surface area contributed by atoms with Crippen LogP contribution in [0.2, 0.25) is 0 Å². The number of thiol groups is 1. The fourth-order valence-corrected chi connectivity index (χ4v) is 6.12. The van der Waals surface area contributed by atoms with Crippen molar-refractivity contribution < 1.29 is 19.5 Å². The van der Waals surface area contributed by atoms with Gasteiger partial charge in [0.2, 0.25) is 11.8 Å². The molecule has 4 unspecified atom stereocenters.